The van der Waals surface area contributed by atoms with Crippen LogP contribution in [-0.4, -0.2) is 28.4 Å². The predicted molar refractivity (Wildman–Crippen MR) is 128 cm³/mol. The third-order valence-corrected chi connectivity index (χ3v) is 4.15. The first-order valence-corrected chi connectivity index (χ1v) is 10.0. The van der Waals surface area contributed by atoms with E-state index in [0.717, 1.165) is 41.8 Å². The number of aromatic nitrogens is 2. The molecule has 1 N–H and O–H groups in total. The molecule has 0 aliphatic carbocycles. The number of nitrogens with zero attached hydrogens (tertiary/aromatic N) is 4. The highest BCUT2D eigenvalue weighted by atomic mass is 19.1. The van der Waals surface area contributed by atoms with Gasteiger partial charge in [0.05, 0.1) is 5.70 Å². The van der Waals surface area contributed by atoms with Crippen molar-refractivity contribution in [3.8, 4) is 0 Å². The smallest absolute Gasteiger partial charge is 0.227 e. The van der Waals surface area contributed by atoms with Crippen LogP contribution in [0.25, 0.3) is 5.57 Å². The van der Waals surface area contributed by atoms with Crippen LogP contribution in [0.1, 0.15) is 52.5 Å². The summed E-state index contributed by atoms with van der Waals surface area (Å²) < 4.78 is 13.8. The van der Waals surface area contributed by atoms with Crippen LogP contribution in [0.3, 0.4) is 0 Å². The molecule has 0 aliphatic rings. The second-order valence-electron chi connectivity index (χ2n) is 6.67. The molecule has 6 heteroatoms. The average Bonchev–Trinajstić information content (AvgIpc) is 2.76. The normalized spacial score (nSPS) is 14.1. The van der Waals surface area contributed by atoms with E-state index in [2.05, 4.69) is 38.8 Å². The maximum atomic E-state index is 13.8. The van der Waals surface area contributed by atoms with Gasteiger partial charge in [-0.15, -0.1) is 0 Å². The largest absolute Gasteiger partial charge is 0.322 e. The zero-order chi connectivity index (χ0) is 22.4. The van der Waals surface area contributed by atoms with Gasteiger partial charge in [-0.1, -0.05) is 32.1 Å². The van der Waals surface area contributed by atoms with Crippen LogP contribution in [0.4, 0.5) is 10.3 Å². The van der Waals surface area contributed by atoms with Gasteiger partial charge in [-0.3, -0.25) is 9.98 Å². The SMILES string of the molecule is C=C(Nc1ncc(/C(C)=C/N=C(C)\C=C/C(CCCC)=NC)cn1)/C(F)=C\C=C/C. The molecule has 1 rings (SSSR count). The highest BCUT2D eigenvalue weighted by Crippen LogP contribution is 2.15. The third-order valence-electron chi connectivity index (χ3n) is 4.15. The van der Waals surface area contributed by atoms with E-state index in [-0.39, 0.29) is 11.6 Å². The van der Waals surface area contributed by atoms with Crippen LogP contribution in [-0.2, 0) is 0 Å². The van der Waals surface area contributed by atoms with Crippen LogP contribution in [0, 0.1) is 0 Å². The van der Waals surface area contributed by atoms with Gasteiger partial charge in [-0.25, -0.2) is 14.4 Å². The molecule has 0 aromatic carbocycles. The van der Waals surface area contributed by atoms with Crippen molar-refractivity contribution >= 4 is 22.9 Å². The molecule has 0 amide bonds. The maximum absolute atomic E-state index is 13.8. The van der Waals surface area contributed by atoms with Crippen molar-refractivity contribution in [2.75, 3.05) is 12.4 Å². The van der Waals surface area contributed by atoms with E-state index < -0.39 is 5.83 Å². The van der Waals surface area contributed by atoms with Crippen LogP contribution in [0.5, 0.6) is 0 Å². The minimum atomic E-state index is -0.472. The van der Waals surface area contributed by atoms with E-state index in [0.29, 0.717) is 0 Å². The molecule has 0 saturated heterocycles. The summed E-state index contributed by atoms with van der Waals surface area (Å²) >= 11 is 0. The van der Waals surface area contributed by atoms with Crippen molar-refractivity contribution in [1.29, 1.82) is 0 Å². The van der Waals surface area contributed by atoms with E-state index in [4.69, 9.17) is 0 Å². The van der Waals surface area contributed by atoms with Crippen LogP contribution < -0.4 is 5.32 Å². The van der Waals surface area contributed by atoms with E-state index in [1.807, 2.05) is 40.0 Å². The lowest BCUT2D eigenvalue weighted by atomic mass is 10.1. The molecule has 0 aliphatic heterocycles. The Labute approximate surface area is 179 Å². The molecule has 160 valence electrons. The Balaban J connectivity index is 2.77. The monoisotopic (exact) mass is 409 g/mol. The number of unbranched alkanes of at least 4 members (excludes halogenated alkanes) is 1. The van der Waals surface area contributed by atoms with Crippen molar-refractivity contribution in [2.24, 2.45) is 9.98 Å². The van der Waals surface area contributed by atoms with Gasteiger partial charge in [-0.05, 0) is 57.4 Å². The Morgan fingerprint density at radius 3 is 2.53 bits per heavy atom. The third kappa shape index (κ3) is 9.37. The number of aliphatic imine (C=N–C) groups is 2. The number of hydrogen-bond donors (Lipinski definition) is 1. The molecular formula is C24H32FN5. The summed E-state index contributed by atoms with van der Waals surface area (Å²) in [5.74, 6) is -0.192. The summed E-state index contributed by atoms with van der Waals surface area (Å²) in [6.45, 7) is 11.5. The molecule has 1 aromatic heterocycles. The Kier molecular flexibility index (Phi) is 11.6. The molecule has 30 heavy (non-hydrogen) atoms. The number of anilines is 1. The van der Waals surface area contributed by atoms with Gasteiger partial charge < -0.3 is 5.32 Å². The van der Waals surface area contributed by atoms with E-state index in [9.17, 15) is 4.39 Å². The van der Waals surface area contributed by atoms with Gasteiger partial charge in [0, 0.05) is 42.6 Å². The first-order valence-electron chi connectivity index (χ1n) is 10.0. The molecule has 0 atom stereocenters. The Hall–Kier alpha value is -3.15. The summed E-state index contributed by atoms with van der Waals surface area (Å²) in [5.41, 5.74) is 3.81. The van der Waals surface area contributed by atoms with Gasteiger partial charge >= 0.3 is 0 Å². The van der Waals surface area contributed by atoms with Gasteiger partial charge in [0.2, 0.25) is 5.95 Å². The summed E-state index contributed by atoms with van der Waals surface area (Å²) in [6.07, 6.45) is 17.0. The lowest BCUT2D eigenvalue weighted by molar-refractivity contribution is 0.653. The number of nitrogens with one attached hydrogen (secondary N) is 1. The summed E-state index contributed by atoms with van der Waals surface area (Å²) in [4.78, 5) is 17.2. The van der Waals surface area contributed by atoms with E-state index in [1.165, 1.54) is 6.08 Å². The predicted octanol–water partition coefficient (Wildman–Crippen LogP) is 6.47. The van der Waals surface area contributed by atoms with Gasteiger partial charge in [0.1, 0.15) is 5.83 Å². The highest BCUT2D eigenvalue weighted by Gasteiger charge is 2.04. The van der Waals surface area contributed by atoms with E-state index >= 15 is 0 Å². The second-order valence-corrected chi connectivity index (χ2v) is 6.67. The fourth-order valence-electron chi connectivity index (χ4n) is 2.23. The Bertz CT molecular complexity index is 871. The maximum Gasteiger partial charge on any atom is 0.227 e. The summed E-state index contributed by atoms with van der Waals surface area (Å²) in [5, 5.41) is 2.75. The highest BCUT2D eigenvalue weighted by molar-refractivity contribution is 6.02. The van der Waals surface area contributed by atoms with Crippen LogP contribution in [0.2, 0.25) is 0 Å². The molecule has 0 bridgehead atoms. The molecule has 0 spiro atoms. The molecule has 0 radical (unpaired) electrons. The molecule has 1 aromatic rings. The molecule has 0 saturated carbocycles. The average molecular weight is 410 g/mol. The molecular weight excluding hydrogens is 377 g/mol. The van der Waals surface area contributed by atoms with Crippen LogP contribution >= 0.6 is 0 Å². The van der Waals surface area contributed by atoms with Crippen molar-refractivity contribution < 1.29 is 4.39 Å². The first kappa shape index (κ1) is 24.9. The van der Waals surface area contributed by atoms with Crippen LogP contribution in [0.15, 0.2) is 77.1 Å². The Morgan fingerprint density at radius 1 is 1.23 bits per heavy atom. The van der Waals surface area contributed by atoms with Crippen molar-refractivity contribution in [3.05, 3.63) is 72.6 Å². The topological polar surface area (TPSA) is 62.5 Å². The van der Waals surface area contributed by atoms with Crippen molar-refractivity contribution in [2.45, 2.75) is 47.0 Å². The zero-order valence-electron chi connectivity index (χ0n) is 18.6. The minimum Gasteiger partial charge on any atom is -0.322 e. The summed E-state index contributed by atoms with van der Waals surface area (Å²) in [6, 6.07) is 0. The minimum absolute atomic E-state index is 0.106. The molecule has 0 fully saturated rings. The van der Waals surface area contributed by atoms with Gasteiger partial charge in [0.15, 0.2) is 0 Å². The van der Waals surface area contributed by atoms with Gasteiger partial charge in [-0.2, -0.15) is 0 Å². The lowest BCUT2D eigenvalue weighted by Gasteiger charge is -2.06. The number of allylic oxidation sites excluding steroid dienone is 7. The standard InChI is InChI=1S/C24H32FN5/c1-7-9-11-22(26-6)14-13-19(4)27-15-18(3)21-16-28-24(29-17-21)30-20(5)23(25)12-10-8-2/h8,10,12-17H,5,7,9,11H2,1-4,6H3,(H,28,29,30)/b10-8-,14-13-,18-15+,23-12+,26-22?,27-19-. The van der Waals surface area contributed by atoms with E-state index in [1.54, 1.807) is 30.7 Å². The fourth-order valence-corrected chi connectivity index (χ4v) is 2.23. The quantitative estimate of drug-likeness (QED) is 0.336. The number of rotatable bonds is 11. The van der Waals surface area contributed by atoms with Crippen molar-refractivity contribution in [3.63, 3.8) is 0 Å². The lowest BCUT2D eigenvalue weighted by Crippen LogP contribution is -2.03. The Morgan fingerprint density at radius 2 is 1.93 bits per heavy atom. The zero-order valence-corrected chi connectivity index (χ0v) is 18.6. The molecule has 5 nitrogen and oxygen atoms in total. The van der Waals surface area contributed by atoms with Crippen molar-refractivity contribution in [1.82, 2.24) is 9.97 Å². The number of halogens is 1. The molecule has 1 heterocycles. The number of hydrogen-bond acceptors (Lipinski definition) is 5. The second kappa shape index (κ2) is 13.9. The summed E-state index contributed by atoms with van der Waals surface area (Å²) in [7, 11) is 1.81. The van der Waals surface area contributed by atoms with Gasteiger partial charge in [0.25, 0.3) is 0 Å². The fraction of sp³-hybridized carbons (Fsp3) is 0.333. The first-order chi connectivity index (χ1) is 14.4. The molecule has 0 unspecified atom stereocenters.